The number of ketones is 1. The molecule has 6 nitrogen and oxygen atoms in total. The minimum atomic E-state index is -0.634. The fourth-order valence-corrected chi connectivity index (χ4v) is 2.90. The second kappa shape index (κ2) is 7.09. The minimum absolute atomic E-state index is 0.00717. The van der Waals surface area contributed by atoms with Crippen LogP contribution in [0.5, 0.6) is 23.0 Å². The van der Waals surface area contributed by atoms with Crippen molar-refractivity contribution in [3.63, 3.8) is 0 Å². The number of carbonyl (C=O) groups is 1. The van der Waals surface area contributed by atoms with Gasteiger partial charge in [-0.05, 0) is 43.2 Å². The van der Waals surface area contributed by atoms with Gasteiger partial charge in [-0.1, -0.05) is 17.7 Å². The van der Waals surface area contributed by atoms with Crippen LogP contribution in [0.4, 0.5) is 0 Å². The quantitative estimate of drug-likeness (QED) is 0.496. The number of ether oxygens (including phenoxy) is 1. The van der Waals surface area contributed by atoms with Gasteiger partial charge in [0.05, 0.1) is 18.6 Å². The van der Waals surface area contributed by atoms with Gasteiger partial charge in [-0.25, -0.2) is 0 Å². The number of carbonyl (C=O) groups excluding carboxylic acids is 1. The van der Waals surface area contributed by atoms with Crippen LogP contribution in [-0.2, 0) is 6.42 Å². The molecule has 1 aliphatic rings. The van der Waals surface area contributed by atoms with E-state index in [9.17, 15) is 20.1 Å². The van der Waals surface area contributed by atoms with Crippen LogP contribution in [0.25, 0.3) is 0 Å². The van der Waals surface area contributed by atoms with E-state index < -0.39 is 6.10 Å². The summed E-state index contributed by atoms with van der Waals surface area (Å²) in [5, 5.41) is 38.5. The zero-order valence-corrected chi connectivity index (χ0v) is 14.3. The standard InChI is InChI=1S/C20H20O6/c1-11(10-21)2-4-13-15(22)7-5-14-17(24)9-19(26-20(13)14)12-3-6-16(23)18(25)8-12/h2-3,5-8,19,21-23,25H,4,9-10H2,1H3/b11-2-/t19-/m0/s1. The molecule has 0 amide bonds. The molecule has 1 heterocycles. The average molecular weight is 356 g/mol. The van der Waals surface area contributed by atoms with Crippen molar-refractivity contribution in [1.82, 2.24) is 0 Å². The van der Waals surface area contributed by atoms with E-state index in [-0.39, 0.29) is 36.1 Å². The monoisotopic (exact) mass is 356 g/mol. The molecule has 136 valence electrons. The second-order valence-corrected chi connectivity index (χ2v) is 6.33. The summed E-state index contributed by atoms with van der Waals surface area (Å²) in [6, 6.07) is 7.27. The summed E-state index contributed by atoms with van der Waals surface area (Å²) >= 11 is 0. The second-order valence-electron chi connectivity index (χ2n) is 6.33. The van der Waals surface area contributed by atoms with E-state index in [1.54, 1.807) is 19.1 Å². The van der Waals surface area contributed by atoms with E-state index in [4.69, 9.17) is 9.84 Å². The molecule has 0 radical (unpaired) electrons. The smallest absolute Gasteiger partial charge is 0.170 e. The van der Waals surface area contributed by atoms with Crippen molar-refractivity contribution in [1.29, 1.82) is 0 Å². The van der Waals surface area contributed by atoms with Crippen molar-refractivity contribution < 1.29 is 30.0 Å². The van der Waals surface area contributed by atoms with E-state index in [1.807, 2.05) is 0 Å². The Morgan fingerprint density at radius 2 is 1.88 bits per heavy atom. The molecule has 0 saturated heterocycles. The van der Waals surface area contributed by atoms with Gasteiger partial charge in [-0.2, -0.15) is 0 Å². The number of aliphatic hydroxyl groups excluding tert-OH is 1. The van der Waals surface area contributed by atoms with E-state index in [2.05, 4.69) is 0 Å². The van der Waals surface area contributed by atoms with Gasteiger partial charge in [0.2, 0.25) is 0 Å². The highest BCUT2D eigenvalue weighted by atomic mass is 16.5. The van der Waals surface area contributed by atoms with Gasteiger partial charge in [0.15, 0.2) is 17.3 Å². The maximum absolute atomic E-state index is 12.6. The Morgan fingerprint density at radius 3 is 2.58 bits per heavy atom. The predicted octanol–water partition coefficient (Wildman–Crippen LogP) is 2.99. The molecule has 2 aromatic rings. The highest BCUT2D eigenvalue weighted by Crippen LogP contribution is 2.42. The first-order valence-electron chi connectivity index (χ1n) is 8.23. The highest BCUT2D eigenvalue weighted by Gasteiger charge is 2.30. The highest BCUT2D eigenvalue weighted by molar-refractivity contribution is 6.00. The van der Waals surface area contributed by atoms with Crippen LogP contribution in [-0.4, -0.2) is 32.8 Å². The lowest BCUT2D eigenvalue weighted by atomic mass is 9.93. The molecule has 0 spiro atoms. The summed E-state index contributed by atoms with van der Waals surface area (Å²) < 4.78 is 6.00. The number of phenols is 3. The van der Waals surface area contributed by atoms with E-state index in [0.717, 1.165) is 5.57 Å². The Labute approximate surface area is 150 Å². The van der Waals surface area contributed by atoms with Gasteiger partial charge in [-0.3, -0.25) is 4.79 Å². The van der Waals surface area contributed by atoms with Crippen molar-refractivity contribution in [2.45, 2.75) is 25.9 Å². The number of hydrogen-bond acceptors (Lipinski definition) is 6. The van der Waals surface area contributed by atoms with Crippen molar-refractivity contribution in [2.75, 3.05) is 6.61 Å². The van der Waals surface area contributed by atoms with Crippen LogP contribution in [0.3, 0.4) is 0 Å². The Bertz CT molecular complexity index is 884. The van der Waals surface area contributed by atoms with Crippen molar-refractivity contribution in [3.05, 3.63) is 58.7 Å². The maximum Gasteiger partial charge on any atom is 0.170 e. The predicted molar refractivity (Wildman–Crippen MR) is 94.7 cm³/mol. The molecule has 0 saturated carbocycles. The van der Waals surface area contributed by atoms with Crippen LogP contribution >= 0.6 is 0 Å². The molecule has 0 aliphatic carbocycles. The summed E-state index contributed by atoms with van der Waals surface area (Å²) in [6.45, 7) is 1.67. The van der Waals surface area contributed by atoms with Gasteiger partial charge in [0, 0.05) is 5.56 Å². The molecular weight excluding hydrogens is 336 g/mol. The van der Waals surface area contributed by atoms with E-state index in [0.29, 0.717) is 28.9 Å². The number of Topliss-reactive ketones (excluding diaryl/α,β-unsaturated/α-hetero) is 1. The Balaban J connectivity index is 2.00. The topological polar surface area (TPSA) is 107 Å². The number of allylic oxidation sites excluding steroid dienone is 1. The maximum atomic E-state index is 12.6. The lowest BCUT2D eigenvalue weighted by Crippen LogP contribution is -2.21. The Morgan fingerprint density at radius 1 is 1.15 bits per heavy atom. The number of rotatable bonds is 4. The minimum Gasteiger partial charge on any atom is -0.508 e. The van der Waals surface area contributed by atoms with Crippen LogP contribution in [0, 0.1) is 0 Å². The number of hydrogen-bond donors (Lipinski definition) is 4. The fraction of sp³-hybridized carbons (Fsp3) is 0.250. The molecule has 26 heavy (non-hydrogen) atoms. The third kappa shape index (κ3) is 3.36. The molecule has 3 rings (SSSR count). The Kier molecular flexibility index (Phi) is 4.86. The Hall–Kier alpha value is -2.99. The van der Waals surface area contributed by atoms with Crippen molar-refractivity contribution in [3.8, 4) is 23.0 Å². The zero-order valence-electron chi connectivity index (χ0n) is 14.3. The summed E-state index contributed by atoms with van der Waals surface area (Å²) in [5.74, 6) is -0.359. The zero-order chi connectivity index (χ0) is 18.8. The van der Waals surface area contributed by atoms with Gasteiger partial charge in [0.1, 0.15) is 17.6 Å². The van der Waals surface area contributed by atoms with E-state index >= 15 is 0 Å². The SMILES string of the molecule is C/C(=C/Cc1c(O)ccc2c1O[C@H](c1ccc(O)c(O)c1)CC2=O)CO. The fourth-order valence-electron chi connectivity index (χ4n) is 2.90. The third-order valence-corrected chi connectivity index (χ3v) is 4.44. The largest absolute Gasteiger partial charge is 0.508 e. The van der Waals surface area contributed by atoms with Crippen LogP contribution in [0.15, 0.2) is 42.0 Å². The average Bonchev–Trinajstić information content (AvgIpc) is 2.62. The molecule has 0 fully saturated rings. The summed E-state index contributed by atoms with van der Waals surface area (Å²) in [4.78, 5) is 12.6. The normalized spacial score (nSPS) is 16.9. The number of fused-ring (bicyclic) bond motifs is 1. The van der Waals surface area contributed by atoms with Crippen molar-refractivity contribution in [2.24, 2.45) is 0 Å². The lowest BCUT2D eigenvalue weighted by molar-refractivity contribution is 0.0847. The van der Waals surface area contributed by atoms with Crippen LogP contribution < -0.4 is 4.74 Å². The third-order valence-electron chi connectivity index (χ3n) is 4.44. The summed E-state index contributed by atoms with van der Waals surface area (Å²) in [5.41, 5.74) is 2.16. The molecule has 4 N–H and O–H groups in total. The molecule has 0 bridgehead atoms. The molecule has 0 aromatic heterocycles. The molecule has 0 unspecified atom stereocenters. The lowest BCUT2D eigenvalue weighted by Gasteiger charge is -2.28. The van der Waals surface area contributed by atoms with Gasteiger partial charge >= 0.3 is 0 Å². The molecular formula is C20H20O6. The molecule has 6 heteroatoms. The van der Waals surface area contributed by atoms with Crippen LogP contribution in [0.2, 0.25) is 0 Å². The molecule has 1 atom stereocenters. The van der Waals surface area contributed by atoms with Gasteiger partial charge in [-0.15, -0.1) is 0 Å². The number of aromatic hydroxyl groups is 3. The first kappa shape index (κ1) is 17.8. The number of benzene rings is 2. The number of phenolic OH excluding ortho intramolecular Hbond substituents is 3. The molecule has 2 aromatic carbocycles. The van der Waals surface area contributed by atoms with Gasteiger partial charge in [0.25, 0.3) is 0 Å². The molecule has 1 aliphatic heterocycles. The van der Waals surface area contributed by atoms with Gasteiger partial charge < -0.3 is 25.2 Å². The number of aliphatic hydroxyl groups is 1. The summed E-state index contributed by atoms with van der Waals surface area (Å²) in [7, 11) is 0. The summed E-state index contributed by atoms with van der Waals surface area (Å²) in [6.07, 6.45) is 1.53. The van der Waals surface area contributed by atoms with E-state index in [1.165, 1.54) is 24.3 Å². The van der Waals surface area contributed by atoms with Crippen molar-refractivity contribution >= 4 is 5.78 Å². The first-order chi connectivity index (χ1) is 12.4. The first-order valence-corrected chi connectivity index (χ1v) is 8.23. The van der Waals surface area contributed by atoms with Crippen LogP contribution in [0.1, 0.15) is 40.9 Å².